The molecule has 0 aliphatic heterocycles. The van der Waals surface area contributed by atoms with Crippen molar-refractivity contribution in [3.63, 3.8) is 0 Å². The van der Waals surface area contributed by atoms with Gasteiger partial charge >= 0.3 is 0 Å². The molecule has 0 aliphatic rings. The smallest absolute Gasteiger partial charge is 0.0857 e. The van der Waals surface area contributed by atoms with Gasteiger partial charge in [-0.25, -0.2) is 0 Å². The molecule has 0 bridgehead atoms. The van der Waals surface area contributed by atoms with Gasteiger partial charge in [0, 0.05) is 6.61 Å². The van der Waals surface area contributed by atoms with Crippen LogP contribution in [0.3, 0.4) is 0 Å². The maximum atomic E-state index is 5.80. The average molecular weight is 399 g/mol. The number of azo groups is 1. The SMILES string of the molecule is SCCCCCCCCCCCOCc1ccc(N=Nc2ccccc2)cc1. The fourth-order valence-corrected chi connectivity index (χ4v) is 3.24. The van der Waals surface area contributed by atoms with Crippen LogP contribution in [0.2, 0.25) is 0 Å². The molecule has 152 valence electrons. The number of nitrogens with zero attached hydrogens (tertiary/aromatic N) is 2. The van der Waals surface area contributed by atoms with Gasteiger partial charge in [0.2, 0.25) is 0 Å². The summed E-state index contributed by atoms with van der Waals surface area (Å²) in [4.78, 5) is 0. The largest absolute Gasteiger partial charge is 0.377 e. The molecule has 0 N–H and O–H groups in total. The Hall–Kier alpha value is -1.65. The van der Waals surface area contributed by atoms with E-state index in [0.717, 1.165) is 30.2 Å². The molecule has 0 saturated heterocycles. The third-order valence-electron chi connectivity index (χ3n) is 4.69. The summed E-state index contributed by atoms with van der Waals surface area (Å²) in [6.07, 6.45) is 11.9. The van der Waals surface area contributed by atoms with Crippen LogP contribution in [-0.2, 0) is 11.3 Å². The fourth-order valence-electron chi connectivity index (χ4n) is 3.01. The van der Waals surface area contributed by atoms with Crippen molar-refractivity contribution >= 4 is 24.0 Å². The number of ether oxygens (including phenoxy) is 1. The molecule has 4 heteroatoms. The van der Waals surface area contributed by atoms with Crippen LogP contribution in [0.1, 0.15) is 63.4 Å². The summed E-state index contributed by atoms with van der Waals surface area (Å²) in [5.41, 5.74) is 2.90. The molecule has 28 heavy (non-hydrogen) atoms. The first-order valence-electron chi connectivity index (χ1n) is 10.6. The lowest BCUT2D eigenvalue weighted by Gasteiger charge is -2.05. The monoisotopic (exact) mass is 398 g/mol. The highest BCUT2D eigenvalue weighted by Crippen LogP contribution is 2.18. The van der Waals surface area contributed by atoms with E-state index in [-0.39, 0.29) is 0 Å². The van der Waals surface area contributed by atoms with Crippen molar-refractivity contribution in [2.24, 2.45) is 10.2 Å². The van der Waals surface area contributed by atoms with Gasteiger partial charge in [-0.15, -0.1) is 0 Å². The van der Waals surface area contributed by atoms with E-state index in [1.807, 2.05) is 42.5 Å². The summed E-state index contributed by atoms with van der Waals surface area (Å²) in [5.74, 6) is 1.03. The normalized spacial score (nSPS) is 11.3. The summed E-state index contributed by atoms with van der Waals surface area (Å²) >= 11 is 4.25. The van der Waals surface area contributed by atoms with Gasteiger partial charge in [0.15, 0.2) is 0 Å². The maximum absolute atomic E-state index is 5.80. The van der Waals surface area contributed by atoms with Crippen molar-refractivity contribution in [3.05, 3.63) is 60.2 Å². The van der Waals surface area contributed by atoms with Crippen LogP contribution >= 0.6 is 12.6 Å². The second kappa shape index (κ2) is 15.3. The zero-order valence-corrected chi connectivity index (χ0v) is 17.8. The number of rotatable bonds is 15. The van der Waals surface area contributed by atoms with E-state index >= 15 is 0 Å². The molecule has 0 fully saturated rings. The minimum atomic E-state index is 0.668. The molecule has 0 atom stereocenters. The van der Waals surface area contributed by atoms with E-state index in [1.165, 1.54) is 56.9 Å². The minimum Gasteiger partial charge on any atom is -0.377 e. The number of unbranched alkanes of at least 4 members (excludes halogenated alkanes) is 8. The Labute approximate surface area is 176 Å². The zero-order chi connectivity index (χ0) is 19.7. The summed E-state index contributed by atoms with van der Waals surface area (Å²) in [6.45, 7) is 1.51. The second-order valence-corrected chi connectivity index (χ2v) is 7.61. The first-order chi connectivity index (χ1) is 13.9. The lowest BCUT2D eigenvalue weighted by atomic mass is 10.1. The van der Waals surface area contributed by atoms with Gasteiger partial charge in [-0.3, -0.25) is 0 Å². The molecule has 0 radical (unpaired) electrons. The Morgan fingerprint density at radius 3 is 1.75 bits per heavy atom. The Kier molecular flexibility index (Phi) is 12.4. The molecule has 2 aromatic carbocycles. The standard InChI is InChI=1S/C24H34N2OS/c28-20-12-7-5-3-1-2-4-6-11-19-27-21-22-15-17-24(18-16-22)26-25-23-13-9-8-10-14-23/h8-10,13-18,28H,1-7,11-12,19-21H2. The summed E-state index contributed by atoms with van der Waals surface area (Å²) in [7, 11) is 0. The van der Waals surface area contributed by atoms with Gasteiger partial charge in [-0.2, -0.15) is 22.9 Å². The molecule has 0 aromatic heterocycles. The number of thiol groups is 1. The van der Waals surface area contributed by atoms with Crippen molar-refractivity contribution in [3.8, 4) is 0 Å². The fraction of sp³-hybridized carbons (Fsp3) is 0.500. The minimum absolute atomic E-state index is 0.668. The van der Waals surface area contributed by atoms with Crippen LogP contribution in [0.4, 0.5) is 11.4 Å². The van der Waals surface area contributed by atoms with Crippen molar-refractivity contribution in [2.75, 3.05) is 12.4 Å². The van der Waals surface area contributed by atoms with E-state index in [1.54, 1.807) is 0 Å². The van der Waals surface area contributed by atoms with Crippen LogP contribution in [0.5, 0.6) is 0 Å². The summed E-state index contributed by atoms with van der Waals surface area (Å²) < 4.78 is 5.80. The first kappa shape index (κ1) is 22.6. The number of hydrogen-bond acceptors (Lipinski definition) is 4. The van der Waals surface area contributed by atoms with Gasteiger partial charge in [0.1, 0.15) is 0 Å². The lowest BCUT2D eigenvalue weighted by molar-refractivity contribution is 0.116. The van der Waals surface area contributed by atoms with E-state index in [4.69, 9.17) is 4.74 Å². The summed E-state index contributed by atoms with van der Waals surface area (Å²) in [5, 5.41) is 8.50. The third-order valence-corrected chi connectivity index (χ3v) is 5.01. The molecule has 2 rings (SSSR count). The van der Waals surface area contributed by atoms with Gasteiger partial charge in [0.05, 0.1) is 18.0 Å². The Bertz CT molecular complexity index is 643. The Balaban J connectivity index is 1.49. The van der Waals surface area contributed by atoms with Crippen molar-refractivity contribution in [2.45, 2.75) is 64.4 Å². The molecule has 0 aliphatic carbocycles. The molecule has 0 saturated carbocycles. The highest BCUT2D eigenvalue weighted by Gasteiger charge is 1.96. The topological polar surface area (TPSA) is 34.0 Å². The Morgan fingerprint density at radius 2 is 1.14 bits per heavy atom. The first-order valence-corrected chi connectivity index (χ1v) is 11.3. The molecule has 0 amide bonds. The van der Waals surface area contributed by atoms with Gasteiger partial charge in [0.25, 0.3) is 0 Å². The van der Waals surface area contributed by atoms with Crippen LogP contribution in [0, 0.1) is 0 Å². The van der Waals surface area contributed by atoms with Gasteiger partial charge in [-0.05, 0) is 48.4 Å². The lowest BCUT2D eigenvalue weighted by Crippen LogP contribution is -1.95. The predicted octanol–water partition coefficient (Wildman–Crippen LogP) is 8.06. The van der Waals surface area contributed by atoms with Gasteiger partial charge < -0.3 is 4.74 Å². The van der Waals surface area contributed by atoms with Crippen molar-refractivity contribution in [1.82, 2.24) is 0 Å². The van der Waals surface area contributed by atoms with E-state index in [2.05, 4.69) is 35.0 Å². The third kappa shape index (κ3) is 10.6. The maximum Gasteiger partial charge on any atom is 0.0857 e. The second-order valence-electron chi connectivity index (χ2n) is 7.16. The molecule has 0 spiro atoms. The summed E-state index contributed by atoms with van der Waals surface area (Å²) in [6, 6.07) is 17.9. The predicted molar refractivity (Wildman–Crippen MR) is 122 cm³/mol. The quantitative estimate of drug-likeness (QED) is 0.184. The molecule has 0 unspecified atom stereocenters. The van der Waals surface area contributed by atoms with Crippen LogP contribution in [0.15, 0.2) is 64.8 Å². The Morgan fingerprint density at radius 1 is 0.607 bits per heavy atom. The molecule has 0 heterocycles. The highest BCUT2D eigenvalue weighted by atomic mass is 32.1. The number of hydrogen-bond donors (Lipinski definition) is 1. The molecule has 3 nitrogen and oxygen atoms in total. The molecular weight excluding hydrogens is 364 g/mol. The van der Waals surface area contributed by atoms with E-state index < -0.39 is 0 Å². The van der Waals surface area contributed by atoms with Crippen molar-refractivity contribution in [1.29, 1.82) is 0 Å². The van der Waals surface area contributed by atoms with E-state index in [0.29, 0.717) is 6.61 Å². The molecule has 2 aromatic rings. The van der Waals surface area contributed by atoms with Crippen LogP contribution < -0.4 is 0 Å². The van der Waals surface area contributed by atoms with E-state index in [9.17, 15) is 0 Å². The van der Waals surface area contributed by atoms with Gasteiger partial charge in [-0.1, -0.05) is 75.3 Å². The molecular formula is C24H34N2OS. The number of benzene rings is 2. The zero-order valence-electron chi connectivity index (χ0n) is 16.9. The van der Waals surface area contributed by atoms with Crippen molar-refractivity contribution < 1.29 is 4.74 Å². The highest BCUT2D eigenvalue weighted by molar-refractivity contribution is 7.80. The van der Waals surface area contributed by atoms with Crippen LogP contribution in [-0.4, -0.2) is 12.4 Å². The average Bonchev–Trinajstić information content (AvgIpc) is 2.74. The van der Waals surface area contributed by atoms with Crippen LogP contribution in [0.25, 0.3) is 0 Å².